The minimum Gasteiger partial charge on any atom is -0.480 e. The van der Waals surface area contributed by atoms with Crippen molar-refractivity contribution in [1.29, 1.82) is 0 Å². The average Bonchev–Trinajstić information content (AvgIpc) is 2.62. The van der Waals surface area contributed by atoms with Gasteiger partial charge in [-0.05, 0) is 37.1 Å². The van der Waals surface area contributed by atoms with Crippen LogP contribution in [0.2, 0.25) is 0 Å². The highest BCUT2D eigenvalue weighted by Gasteiger charge is 2.33. The van der Waals surface area contributed by atoms with E-state index in [4.69, 9.17) is 4.74 Å². The SMILES string of the molecule is CCc1ccc2cnc(OCC(C)(C)C(=O)N[C@H](C(=O)O)C(C)C)cc2c1. The zero-order chi connectivity index (χ0) is 20.2. The van der Waals surface area contributed by atoms with E-state index in [2.05, 4.69) is 29.4 Å². The lowest BCUT2D eigenvalue weighted by Crippen LogP contribution is -2.50. The molecule has 2 rings (SSSR count). The molecule has 2 N–H and O–H groups in total. The fourth-order valence-corrected chi connectivity index (χ4v) is 2.64. The highest BCUT2D eigenvalue weighted by molar-refractivity contribution is 5.87. The van der Waals surface area contributed by atoms with Crippen molar-refractivity contribution in [3.63, 3.8) is 0 Å². The van der Waals surface area contributed by atoms with Crippen LogP contribution in [0.1, 0.15) is 40.2 Å². The maximum absolute atomic E-state index is 12.5. The summed E-state index contributed by atoms with van der Waals surface area (Å²) >= 11 is 0. The molecule has 146 valence electrons. The molecule has 6 nitrogen and oxygen atoms in total. The first-order valence-corrected chi connectivity index (χ1v) is 9.19. The third-order valence-corrected chi connectivity index (χ3v) is 4.58. The number of nitrogens with one attached hydrogen (secondary N) is 1. The Balaban J connectivity index is 2.08. The summed E-state index contributed by atoms with van der Waals surface area (Å²) in [6.07, 6.45) is 2.69. The van der Waals surface area contributed by atoms with Crippen LogP contribution < -0.4 is 10.1 Å². The summed E-state index contributed by atoms with van der Waals surface area (Å²) in [6.45, 7) is 9.14. The number of benzene rings is 1. The topological polar surface area (TPSA) is 88.5 Å². The first-order valence-electron chi connectivity index (χ1n) is 9.19. The molecule has 0 unspecified atom stereocenters. The largest absolute Gasteiger partial charge is 0.480 e. The Morgan fingerprint density at radius 3 is 2.52 bits per heavy atom. The van der Waals surface area contributed by atoms with Crippen molar-refractivity contribution >= 4 is 22.6 Å². The Kier molecular flexibility index (Phi) is 6.41. The summed E-state index contributed by atoms with van der Waals surface area (Å²) < 4.78 is 5.76. The van der Waals surface area contributed by atoms with Crippen molar-refractivity contribution in [1.82, 2.24) is 10.3 Å². The van der Waals surface area contributed by atoms with Gasteiger partial charge in [0, 0.05) is 17.6 Å². The molecule has 27 heavy (non-hydrogen) atoms. The van der Waals surface area contributed by atoms with Gasteiger partial charge in [-0.25, -0.2) is 9.78 Å². The van der Waals surface area contributed by atoms with Gasteiger partial charge in [0.2, 0.25) is 11.8 Å². The van der Waals surface area contributed by atoms with Crippen molar-refractivity contribution in [2.75, 3.05) is 6.61 Å². The molecule has 0 spiro atoms. The molecule has 1 amide bonds. The molecule has 0 bridgehead atoms. The number of carbonyl (C=O) groups is 2. The Labute approximate surface area is 159 Å². The number of ether oxygens (including phenoxy) is 1. The minimum absolute atomic E-state index is 0.0925. The van der Waals surface area contributed by atoms with Crippen LogP contribution in [0, 0.1) is 11.3 Å². The van der Waals surface area contributed by atoms with E-state index >= 15 is 0 Å². The first-order chi connectivity index (χ1) is 12.6. The second-order valence-corrected chi connectivity index (χ2v) is 7.76. The van der Waals surface area contributed by atoms with E-state index in [-0.39, 0.29) is 18.4 Å². The molecule has 2 aromatic rings. The third-order valence-electron chi connectivity index (χ3n) is 4.58. The Morgan fingerprint density at radius 2 is 1.93 bits per heavy atom. The highest BCUT2D eigenvalue weighted by Crippen LogP contribution is 2.23. The van der Waals surface area contributed by atoms with E-state index in [1.54, 1.807) is 33.9 Å². The number of aliphatic carboxylic acids is 1. The molecule has 6 heteroatoms. The summed E-state index contributed by atoms with van der Waals surface area (Å²) in [4.78, 5) is 28.1. The number of nitrogens with zero attached hydrogens (tertiary/aromatic N) is 1. The molecule has 1 aromatic carbocycles. The second-order valence-electron chi connectivity index (χ2n) is 7.76. The number of hydrogen-bond donors (Lipinski definition) is 2. The lowest BCUT2D eigenvalue weighted by Gasteiger charge is -2.27. The van der Waals surface area contributed by atoms with E-state index in [1.807, 2.05) is 12.1 Å². The fraction of sp³-hybridized carbons (Fsp3) is 0.476. The van der Waals surface area contributed by atoms with Crippen LogP contribution in [0.15, 0.2) is 30.5 Å². The molecule has 1 atom stereocenters. The van der Waals surface area contributed by atoms with Crippen LogP contribution in [0.25, 0.3) is 10.8 Å². The van der Waals surface area contributed by atoms with Crippen molar-refractivity contribution in [3.8, 4) is 5.88 Å². The number of aromatic nitrogens is 1. The summed E-state index contributed by atoms with van der Waals surface area (Å²) in [7, 11) is 0. The first kappa shape index (κ1) is 20.7. The standard InChI is InChI=1S/C21H28N2O4/c1-6-14-7-8-15-11-22-17(10-16(15)9-14)27-12-21(4,5)20(26)23-18(13(2)3)19(24)25/h7-11,13,18H,6,12H2,1-5H3,(H,23,26)(H,24,25)/t18-/m0/s1. The molecule has 1 heterocycles. The predicted molar refractivity (Wildman–Crippen MR) is 105 cm³/mol. The summed E-state index contributed by atoms with van der Waals surface area (Å²) in [6, 6.07) is 7.13. The van der Waals surface area contributed by atoms with Gasteiger partial charge >= 0.3 is 5.97 Å². The lowest BCUT2D eigenvalue weighted by molar-refractivity contribution is -0.145. The average molecular weight is 372 g/mol. The number of aryl methyl sites for hydroxylation is 1. The Morgan fingerprint density at radius 1 is 1.22 bits per heavy atom. The molecule has 0 aliphatic heterocycles. The number of fused-ring (bicyclic) bond motifs is 1. The Bertz CT molecular complexity index is 830. The van der Waals surface area contributed by atoms with Gasteiger partial charge in [0.05, 0.1) is 5.41 Å². The van der Waals surface area contributed by atoms with E-state index in [1.165, 1.54) is 5.56 Å². The molecule has 0 aliphatic rings. The van der Waals surface area contributed by atoms with Gasteiger partial charge in [0.25, 0.3) is 0 Å². The number of amides is 1. The van der Waals surface area contributed by atoms with Gasteiger partial charge < -0.3 is 15.2 Å². The number of pyridine rings is 1. The zero-order valence-corrected chi connectivity index (χ0v) is 16.6. The normalized spacial score (nSPS) is 12.8. The quantitative estimate of drug-likeness (QED) is 0.741. The molecule has 0 aliphatic carbocycles. The van der Waals surface area contributed by atoms with Gasteiger partial charge in [-0.3, -0.25) is 4.79 Å². The van der Waals surface area contributed by atoms with E-state index in [9.17, 15) is 14.7 Å². The number of carboxylic acids is 1. The minimum atomic E-state index is -1.04. The Hall–Kier alpha value is -2.63. The van der Waals surface area contributed by atoms with Crippen molar-refractivity contribution in [2.24, 2.45) is 11.3 Å². The lowest BCUT2D eigenvalue weighted by atomic mass is 9.92. The number of hydrogen-bond acceptors (Lipinski definition) is 4. The molecule has 0 radical (unpaired) electrons. The van der Waals surface area contributed by atoms with Crippen LogP contribution >= 0.6 is 0 Å². The van der Waals surface area contributed by atoms with E-state index in [0.717, 1.165) is 17.2 Å². The van der Waals surface area contributed by atoms with E-state index in [0.29, 0.717) is 5.88 Å². The third kappa shape index (κ3) is 5.18. The van der Waals surface area contributed by atoms with E-state index < -0.39 is 17.4 Å². The van der Waals surface area contributed by atoms with Gasteiger partial charge in [-0.1, -0.05) is 39.0 Å². The predicted octanol–water partition coefficient (Wildman–Crippen LogP) is 3.43. The van der Waals surface area contributed by atoms with Crippen molar-refractivity contribution in [3.05, 3.63) is 36.0 Å². The van der Waals surface area contributed by atoms with Gasteiger partial charge in [-0.2, -0.15) is 0 Å². The number of rotatable bonds is 8. The van der Waals surface area contributed by atoms with Crippen molar-refractivity contribution in [2.45, 2.75) is 47.1 Å². The monoisotopic (exact) mass is 372 g/mol. The fourth-order valence-electron chi connectivity index (χ4n) is 2.64. The number of carboxylic acid groups (broad SMARTS) is 1. The van der Waals surface area contributed by atoms with Crippen LogP contribution in [0.4, 0.5) is 0 Å². The molecular formula is C21H28N2O4. The zero-order valence-electron chi connectivity index (χ0n) is 16.6. The highest BCUT2D eigenvalue weighted by atomic mass is 16.5. The molecule has 0 saturated heterocycles. The molecule has 0 saturated carbocycles. The maximum atomic E-state index is 12.5. The smallest absolute Gasteiger partial charge is 0.326 e. The summed E-state index contributed by atoms with van der Waals surface area (Å²) in [5.41, 5.74) is 0.331. The second kappa shape index (κ2) is 8.37. The number of carbonyl (C=O) groups excluding carboxylic acids is 1. The molecular weight excluding hydrogens is 344 g/mol. The maximum Gasteiger partial charge on any atom is 0.326 e. The summed E-state index contributed by atoms with van der Waals surface area (Å²) in [5.74, 6) is -1.18. The molecule has 1 aromatic heterocycles. The van der Waals surface area contributed by atoms with Crippen LogP contribution in [0.5, 0.6) is 5.88 Å². The van der Waals surface area contributed by atoms with Gasteiger partial charge in [0.1, 0.15) is 12.6 Å². The summed E-state index contributed by atoms with van der Waals surface area (Å²) in [5, 5.41) is 13.9. The van der Waals surface area contributed by atoms with Crippen LogP contribution in [0.3, 0.4) is 0 Å². The van der Waals surface area contributed by atoms with Crippen molar-refractivity contribution < 1.29 is 19.4 Å². The van der Waals surface area contributed by atoms with Crippen LogP contribution in [-0.4, -0.2) is 34.6 Å². The molecule has 0 fully saturated rings. The van der Waals surface area contributed by atoms with Gasteiger partial charge in [0.15, 0.2) is 0 Å². The van der Waals surface area contributed by atoms with Gasteiger partial charge in [-0.15, -0.1) is 0 Å². The van der Waals surface area contributed by atoms with Crippen LogP contribution in [-0.2, 0) is 16.0 Å².